The van der Waals surface area contributed by atoms with Crippen LogP contribution in [0, 0.1) is 11.3 Å². The average Bonchev–Trinajstić information content (AvgIpc) is 3.40. The van der Waals surface area contributed by atoms with Crippen LogP contribution >= 0.6 is 11.3 Å². The Labute approximate surface area is 166 Å². The van der Waals surface area contributed by atoms with E-state index in [1.165, 1.54) is 0 Å². The maximum Gasteiger partial charge on any atom is 0.259 e. The van der Waals surface area contributed by atoms with Gasteiger partial charge in [-0.1, -0.05) is 36.4 Å². The molecule has 4 aromatic rings. The van der Waals surface area contributed by atoms with Crippen molar-refractivity contribution in [2.24, 2.45) is 0 Å². The van der Waals surface area contributed by atoms with Crippen molar-refractivity contribution in [3.8, 4) is 22.3 Å². The molecule has 1 amide bonds. The normalized spacial score (nSPS) is 10.4. The Hall–Kier alpha value is -3.69. The number of para-hydroxylation sites is 1. The Morgan fingerprint density at radius 2 is 1.86 bits per heavy atom. The number of hydrogen-bond donors (Lipinski definition) is 1. The summed E-state index contributed by atoms with van der Waals surface area (Å²) in [6.45, 7) is 0. The van der Waals surface area contributed by atoms with Gasteiger partial charge in [-0.3, -0.25) is 4.79 Å². The fourth-order valence-corrected chi connectivity index (χ4v) is 3.57. The molecule has 0 fully saturated rings. The maximum atomic E-state index is 13.0. The molecule has 2 aromatic carbocycles. The van der Waals surface area contributed by atoms with Crippen LogP contribution in [0.4, 0.5) is 5.69 Å². The first-order chi connectivity index (χ1) is 13.7. The first-order valence-corrected chi connectivity index (χ1v) is 9.59. The lowest BCUT2D eigenvalue weighted by Gasteiger charge is -2.05. The molecule has 6 heteroatoms. The third kappa shape index (κ3) is 3.70. The minimum Gasteiger partial charge on any atom is -0.322 e. The molecular formula is C22H16N4OS. The Balaban J connectivity index is 1.66. The molecule has 4 rings (SSSR count). The number of carbonyl (C=O) groups excluding carboxylic acids is 1. The number of amides is 1. The van der Waals surface area contributed by atoms with E-state index in [4.69, 9.17) is 5.26 Å². The molecule has 0 unspecified atom stereocenters. The molecule has 28 heavy (non-hydrogen) atoms. The first kappa shape index (κ1) is 17.7. The highest BCUT2D eigenvalue weighted by Crippen LogP contribution is 2.28. The standard InChI is InChI=1S/C22H16N4OS/c23-13-12-16-8-10-17(11-9-16)24-22(27)19-15-26(18-5-2-1-3-6-18)25-21(19)20-7-4-14-28-20/h1-11,14-15H,12H2,(H,24,27). The van der Waals surface area contributed by atoms with Crippen molar-refractivity contribution < 1.29 is 4.79 Å². The number of nitrogens with zero attached hydrogens (tertiary/aromatic N) is 3. The van der Waals surface area contributed by atoms with E-state index in [-0.39, 0.29) is 5.91 Å². The Kier molecular flexibility index (Phi) is 5.00. The molecule has 0 saturated carbocycles. The number of nitrogens with one attached hydrogen (secondary N) is 1. The summed E-state index contributed by atoms with van der Waals surface area (Å²) >= 11 is 1.54. The molecule has 0 aliphatic heterocycles. The van der Waals surface area contributed by atoms with Crippen molar-refractivity contribution in [1.82, 2.24) is 9.78 Å². The van der Waals surface area contributed by atoms with E-state index in [0.717, 1.165) is 16.1 Å². The van der Waals surface area contributed by atoms with Gasteiger partial charge in [-0.2, -0.15) is 10.4 Å². The highest BCUT2D eigenvalue weighted by atomic mass is 32.1. The van der Waals surface area contributed by atoms with Gasteiger partial charge in [-0.15, -0.1) is 11.3 Å². The van der Waals surface area contributed by atoms with Crippen molar-refractivity contribution >= 4 is 22.9 Å². The minimum absolute atomic E-state index is 0.224. The number of hydrogen-bond acceptors (Lipinski definition) is 4. The summed E-state index contributed by atoms with van der Waals surface area (Å²) in [5, 5.41) is 18.3. The van der Waals surface area contributed by atoms with Crippen LogP contribution in [0.5, 0.6) is 0 Å². The lowest BCUT2D eigenvalue weighted by molar-refractivity contribution is 0.102. The lowest BCUT2D eigenvalue weighted by atomic mass is 10.1. The van der Waals surface area contributed by atoms with Crippen LogP contribution in [0.25, 0.3) is 16.3 Å². The van der Waals surface area contributed by atoms with Crippen LogP contribution in [0.3, 0.4) is 0 Å². The molecule has 136 valence electrons. The van der Waals surface area contributed by atoms with E-state index in [1.54, 1.807) is 34.3 Å². The van der Waals surface area contributed by atoms with Gasteiger partial charge in [-0.05, 0) is 41.3 Å². The van der Waals surface area contributed by atoms with E-state index < -0.39 is 0 Å². The number of thiophene rings is 1. The molecule has 1 N–H and O–H groups in total. The van der Waals surface area contributed by atoms with Gasteiger partial charge in [0.25, 0.3) is 5.91 Å². The van der Waals surface area contributed by atoms with Gasteiger partial charge in [0.2, 0.25) is 0 Å². The summed E-state index contributed by atoms with van der Waals surface area (Å²) in [5.41, 5.74) is 3.64. The molecule has 0 bridgehead atoms. The molecule has 0 saturated heterocycles. The summed E-state index contributed by atoms with van der Waals surface area (Å²) < 4.78 is 1.72. The molecule has 2 heterocycles. The molecule has 2 aromatic heterocycles. The zero-order chi connectivity index (χ0) is 19.3. The molecule has 0 radical (unpaired) electrons. The molecule has 0 spiro atoms. The second-order valence-corrected chi connectivity index (χ2v) is 7.08. The second-order valence-electron chi connectivity index (χ2n) is 6.13. The minimum atomic E-state index is -0.224. The van der Waals surface area contributed by atoms with Gasteiger partial charge in [0, 0.05) is 11.9 Å². The number of rotatable bonds is 5. The number of anilines is 1. The van der Waals surface area contributed by atoms with Gasteiger partial charge in [0.1, 0.15) is 5.69 Å². The topological polar surface area (TPSA) is 70.7 Å². The Bertz CT molecular complexity index is 1120. The zero-order valence-corrected chi connectivity index (χ0v) is 15.7. The third-order valence-corrected chi connectivity index (χ3v) is 5.11. The predicted molar refractivity (Wildman–Crippen MR) is 111 cm³/mol. The molecule has 0 aliphatic rings. The summed E-state index contributed by atoms with van der Waals surface area (Å²) in [6, 6.07) is 23.0. The third-order valence-electron chi connectivity index (χ3n) is 4.23. The van der Waals surface area contributed by atoms with Gasteiger partial charge >= 0.3 is 0 Å². The van der Waals surface area contributed by atoms with Crippen molar-refractivity contribution in [3.05, 3.63) is 89.4 Å². The second kappa shape index (κ2) is 7.91. The van der Waals surface area contributed by atoms with Crippen molar-refractivity contribution in [2.75, 3.05) is 5.32 Å². The van der Waals surface area contributed by atoms with Crippen molar-refractivity contribution in [1.29, 1.82) is 5.26 Å². The van der Waals surface area contributed by atoms with Crippen LogP contribution in [0.15, 0.2) is 78.3 Å². The Morgan fingerprint density at radius 3 is 2.54 bits per heavy atom. The van der Waals surface area contributed by atoms with E-state index in [9.17, 15) is 4.79 Å². The number of aromatic nitrogens is 2. The van der Waals surface area contributed by atoms with Crippen LogP contribution in [0.2, 0.25) is 0 Å². The first-order valence-electron chi connectivity index (χ1n) is 8.71. The van der Waals surface area contributed by atoms with Crippen LogP contribution in [-0.4, -0.2) is 15.7 Å². The smallest absolute Gasteiger partial charge is 0.259 e. The van der Waals surface area contributed by atoms with E-state index in [2.05, 4.69) is 16.5 Å². The van der Waals surface area contributed by atoms with E-state index in [0.29, 0.717) is 23.4 Å². The summed E-state index contributed by atoms with van der Waals surface area (Å²) in [6.07, 6.45) is 2.10. The van der Waals surface area contributed by atoms with Crippen LogP contribution in [0.1, 0.15) is 15.9 Å². The summed E-state index contributed by atoms with van der Waals surface area (Å²) in [5.74, 6) is -0.224. The van der Waals surface area contributed by atoms with E-state index in [1.807, 2.05) is 60.0 Å². The monoisotopic (exact) mass is 384 g/mol. The highest BCUT2D eigenvalue weighted by Gasteiger charge is 2.19. The average molecular weight is 384 g/mol. The number of benzene rings is 2. The van der Waals surface area contributed by atoms with E-state index >= 15 is 0 Å². The SMILES string of the molecule is N#CCc1ccc(NC(=O)c2cn(-c3ccccc3)nc2-c2cccs2)cc1. The van der Waals surface area contributed by atoms with Crippen molar-refractivity contribution in [3.63, 3.8) is 0 Å². The Morgan fingerprint density at radius 1 is 1.07 bits per heavy atom. The van der Waals surface area contributed by atoms with Gasteiger partial charge in [-0.25, -0.2) is 4.68 Å². The number of carbonyl (C=O) groups is 1. The summed E-state index contributed by atoms with van der Waals surface area (Å²) in [7, 11) is 0. The predicted octanol–water partition coefficient (Wildman–Crippen LogP) is 4.92. The highest BCUT2D eigenvalue weighted by molar-refractivity contribution is 7.13. The van der Waals surface area contributed by atoms with Gasteiger partial charge < -0.3 is 5.32 Å². The lowest BCUT2D eigenvalue weighted by Crippen LogP contribution is -2.12. The maximum absolute atomic E-state index is 13.0. The van der Waals surface area contributed by atoms with Gasteiger partial charge in [0.15, 0.2) is 0 Å². The quantitative estimate of drug-likeness (QED) is 0.531. The largest absolute Gasteiger partial charge is 0.322 e. The molecular weight excluding hydrogens is 368 g/mol. The zero-order valence-electron chi connectivity index (χ0n) is 14.9. The molecule has 0 atom stereocenters. The van der Waals surface area contributed by atoms with Crippen LogP contribution < -0.4 is 5.32 Å². The van der Waals surface area contributed by atoms with Crippen molar-refractivity contribution in [2.45, 2.75) is 6.42 Å². The van der Waals surface area contributed by atoms with Gasteiger partial charge in [0.05, 0.1) is 28.6 Å². The van der Waals surface area contributed by atoms with Crippen LogP contribution in [-0.2, 0) is 6.42 Å². The summed E-state index contributed by atoms with van der Waals surface area (Å²) in [4.78, 5) is 13.9. The molecule has 5 nitrogen and oxygen atoms in total. The number of nitriles is 1. The fourth-order valence-electron chi connectivity index (χ4n) is 2.84. The fraction of sp³-hybridized carbons (Fsp3) is 0.0455. The molecule has 0 aliphatic carbocycles.